The van der Waals surface area contributed by atoms with Gasteiger partial charge in [-0.05, 0) is 61.7 Å². The molecule has 0 spiro atoms. The summed E-state index contributed by atoms with van der Waals surface area (Å²) >= 11 is 8.07. The number of hydrogen-bond acceptors (Lipinski definition) is 5. The van der Waals surface area contributed by atoms with Crippen molar-refractivity contribution >= 4 is 29.3 Å². The Bertz CT molecular complexity index is 883. The van der Waals surface area contributed by atoms with Crippen LogP contribution >= 0.6 is 23.4 Å². The number of ether oxygens (including phenoxy) is 2. The van der Waals surface area contributed by atoms with Crippen molar-refractivity contribution in [2.75, 3.05) is 32.8 Å². The molecule has 4 nitrogen and oxygen atoms in total. The molecule has 30 heavy (non-hydrogen) atoms. The maximum atomic E-state index is 11.9. The van der Waals surface area contributed by atoms with Gasteiger partial charge in [0.05, 0.1) is 19.1 Å². The number of benzene rings is 2. The average Bonchev–Trinajstić information content (AvgIpc) is 2.91. The minimum absolute atomic E-state index is 0.0452. The van der Waals surface area contributed by atoms with E-state index in [-0.39, 0.29) is 18.0 Å². The zero-order valence-electron chi connectivity index (χ0n) is 17.3. The number of nitrogens with zero attached hydrogens (tertiary/aromatic N) is 1. The van der Waals surface area contributed by atoms with Crippen LogP contribution in [0.1, 0.15) is 42.6 Å². The van der Waals surface area contributed by atoms with E-state index in [0.29, 0.717) is 13.2 Å². The van der Waals surface area contributed by atoms with Gasteiger partial charge in [-0.15, -0.1) is 11.8 Å². The Morgan fingerprint density at radius 3 is 2.77 bits per heavy atom. The van der Waals surface area contributed by atoms with Crippen molar-refractivity contribution in [3.63, 3.8) is 0 Å². The quantitative estimate of drug-likeness (QED) is 0.562. The fourth-order valence-electron chi connectivity index (χ4n) is 4.23. The number of esters is 1. The first kappa shape index (κ1) is 21.7. The summed E-state index contributed by atoms with van der Waals surface area (Å²) in [5.74, 6) is 0.922. The molecule has 6 heteroatoms. The Kier molecular flexibility index (Phi) is 7.37. The number of thioether (sulfide) groups is 1. The number of carbonyl (C=O) groups is 1. The molecular formula is C24H28ClNO3S. The van der Waals surface area contributed by atoms with Crippen LogP contribution in [0.25, 0.3) is 0 Å². The van der Waals surface area contributed by atoms with Crippen molar-refractivity contribution in [2.24, 2.45) is 5.92 Å². The van der Waals surface area contributed by atoms with Crippen molar-refractivity contribution in [3.05, 3.63) is 64.2 Å². The predicted molar refractivity (Wildman–Crippen MR) is 121 cm³/mol. The Morgan fingerprint density at radius 2 is 1.97 bits per heavy atom. The molecule has 4 rings (SSSR count). The third-order valence-electron chi connectivity index (χ3n) is 5.88. The van der Waals surface area contributed by atoms with Crippen LogP contribution in [0.4, 0.5) is 0 Å². The summed E-state index contributed by atoms with van der Waals surface area (Å²) in [5, 5.41) is 0.760. The van der Waals surface area contributed by atoms with Gasteiger partial charge in [0, 0.05) is 22.2 Å². The number of piperidine rings is 1. The molecule has 1 fully saturated rings. The highest BCUT2D eigenvalue weighted by molar-refractivity contribution is 7.98. The topological polar surface area (TPSA) is 38.8 Å². The lowest BCUT2D eigenvalue weighted by molar-refractivity contribution is -0.149. The van der Waals surface area contributed by atoms with Crippen LogP contribution in [0.15, 0.2) is 47.4 Å². The summed E-state index contributed by atoms with van der Waals surface area (Å²) < 4.78 is 11.7. The van der Waals surface area contributed by atoms with Gasteiger partial charge >= 0.3 is 5.97 Å². The van der Waals surface area contributed by atoms with Gasteiger partial charge in [-0.2, -0.15) is 0 Å². The number of fused-ring (bicyclic) bond motifs is 2. The van der Waals surface area contributed by atoms with Crippen LogP contribution in [0.2, 0.25) is 5.02 Å². The van der Waals surface area contributed by atoms with Crippen molar-refractivity contribution in [1.82, 2.24) is 4.90 Å². The SMILES string of the molecule is CCOC(=O)C1CCN(CCOC2c3ccccc3CSc3cc(Cl)ccc32)CC1. The van der Waals surface area contributed by atoms with Gasteiger partial charge in [0.25, 0.3) is 0 Å². The first-order valence-electron chi connectivity index (χ1n) is 10.7. The van der Waals surface area contributed by atoms with E-state index < -0.39 is 0 Å². The fraction of sp³-hybridized carbons (Fsp3) is 0.458. The van der Waals surface area contributed by atoms with E-state index in [2.05, 4.69) is 35.2 Å². The van der Waals surface area contributed by atoms with Gasteiger partial charge in [0.2, 0.25) is 0 Å². The number of halogens is 1. The van der Waals surface area contributed by atoms with E-state index >= 15 is 0 Å². The minimum Gasteiger partial charge on any atom is -0.466 e. The van der Waals surface area contributed by atoms with Crippen molar-refractivity contribution in [3.8, 4) is 0 Å². The summed E-state index contributed by atoms with van der Waals surface area (Å²) in [6.45, 7) is 5.66. The summed E-state index contributed by atoms with van der Waals surface area (Å²) in [7, 11) is 0. The zero-order valence-corrected chi connectivity index (χ0v) is 18.9. The third-order valence-corrected chi connectivity index (χ3v) is 7.23. The van der Waals surface area contributed by atoms with E-state index in [9.17, 15) is 4.79 Å². The van der Waals surface area contributed by atoms with E-state index in [1.807, 2.05) is 30.8 Å². The van der Waals surface area contributed by atoms with Crippen molar-refractivity contribution in [1.29, 1.82) is 0 Å². The highest BCUT2D eigenvalue weighted by Gasteiger charge is 2.27. The monoisotopic (exact) mass is 445 g/mol. The maximum absolute atomic E-state index is 11.9. The van der Waals surface area contributed by atoms with Crippen molar-refractivity contribution in [2.45, 2.75) is 36.5 Å². The summed E-state index contributed by atoms with van der Waals surface area (Å²) in [6, 6.07) is 14.6. The Hall–Kier alpha value is -1.53. The lowest BCUT2D eigenvalue weighted by Gasteiger charge is -2.31. The fourth-order valence-corrected chi connectivity index (χ4v) is 5.59. The Balaban J connectivity index is 1.40. The lowest BCUT2D eigenvalue weighted by Crippen LogP contribution is -2.38. The molecule has 1 saturated heterocycles. The van der Waals surface area contributed by atoms with Crippen molar-refractivity contribution < 1.29 is 14.3 Å². The molecular weight excluding hydrogens is 418 g/mol. The summed E-state index contributed by atoms with van der Waals surface area (Å²) in [6.07, 6.45) is 1.65. The van der Waals surface area contributed by atoms with E-state index in [0.717, 1.165) is 43.3 Å². The average molecular weight is 446 g/mol. The van der Waals surface area contributed by atoms with Crippen LogP contribution < -0.4 is 0 Å². The zero-order chi connectivity index (χ0) is 20.9. The second kappa shape index (κ2) is 10.2. The first-order chi connectivity index (χ1) is 14.7. The number of hydrogen-bond donors (Lipinski definition) is 0. The molecule has 0 N–H and O–H groups in total. The summed E-state index contributed by atoms with van der Waals surface area (Å²) in [5.41, 5.74) is 3.75. The molecule has 160 valence electrons. The highest BCUT2D eigenvalue weighted by Crippen LogP contribution is 2.42. The van der Waals surface area contributed by atoms with E-state index in [4.69, 9.17) is 21.1 Å². The molecule has 2 aromatic carbocycles. The predicted octanol–water partition coefficient (Wildman–Crippen LogP) is 5.33. The second-order valence-electron chi connectivity index (χ2n) is 7.79. The lowest BCUT2D eigenvalue weighted by atomic mass is 9.97. The van der Waals surface area contributed by atoms with Crippen LogP contribution in [0, 0.1) is 5.92 Å². The van der Waals surface area contributed by atoms with Gasteiger partial charge in [-0.1, -0.05) is 41.9 Å². The number of carbonyl (C=O) groups excluding carboxylic acids is 1. The van der Waals surface area contributed by atoms with Gasteiger partial charge in [-0.25, -0.2) is 0 Å². The third kappa shape index (κ3) is 5.02. The molecule has 2 heterocycles. The second-order valence-corrected chi connectivity index (χ2v) is 9.24. The van der Waals surface area contributed by atoms with Gasteiger partial charge in [0.1, 0.15) is 6.10 Å². The maximum Gasteiger partial charge on any atom is 0.309 e. The smallest absolute Gasteiger partial charge is 0.309 e. The van der Waals surface area contributed by atoms with Crippen LogP contribution in [-0.2, 0) is 20.0 Å². The summed E-state index contributed by atoms with van der Waals surface area (Å²) in [4.78, 5) is 15.5. The molecule has 0 bridgehead atoms. The normalized spacial score (nSPS) is 19.6. The number of likely N-dealkylation sites (tertiary alicyclic amines) is 1. The highest BCUT2D eigenvalue weighted by atomic mass is 35.5. The number of rotatable bonds is 6. The molecule has 1 unspecified atom stereocenters. The molecule has 0 aliphatic carbocycles. The molecule has 0 saturated carbocycles. The Labute approximate surface area is 187 Å². The standard InChI is InChI=1S/C24H28ClNO3S/c1-2-28-24(27)17-9-11-26(12-10-17)13-14-29-23-20-6-4-3-5-18(20)16-30-22-15-19(25)7-8-21(22)23/h3-8,15,17,23H,2,9-14,16H2,1H3. The van der Waals surface area contributed by atoms with Gasteiger partial charge in [-0.3, -0.25) is 4.79 Å². The van der Waals surface area contributed by atoms with Gasteiger partial charge in [0.15, 0.2) is 0 Å². The molecule has 2 aliphatic rings. The van der Waals surface area contributed by atoms with Crippen LogP contribution in [0.5, 0.6) is 0 Å². The van der Waals surface area contributed by atoms with Crippen LogP contribution in [0.3, 0.4) is 0 Å². The van der Waals surface area contributed by atoms with Crippen LogP contribution in [-0.4, -0.2) is 43.7 Å². The van der Waals surface area contributed by atoms with E-state index in [1.54, 1.807) is 0 Å². The Morgan fingerprint density at radius 1 is 1.17 bits per heavy atom. The minimum atomic E-state index is -0.0828. The largest absolute Gasteiger partial charge is 0.466 e. The molecule has 2 aromatic rings. The van der Waals surface area contributed by atoms with Gasteiger partial charge < -0.3 is 14.4 Å². The van der Waals surface area contributed by atoms with E-state index in [1.165, 1.54) is 21.6 Å². The molecule has 2 aliphatic heterocycles. The molecule has 1 atom stereocenters. The molecule has 0 aromatic heterocycles. The molecule has 0 amide bonds. The molecule has 0 radical (unpaired) electrons. The first-order valence-corrected chi connectivity index (χ1v) is 12.0.